The Hall–Kier alpha value is -1.94. The summed E-state index contributed by atoms with van der Waals surface area (Å²) in [5, 5.41) is 20.4. The summed E-state index contributed by atoms with van der Waals surface area (Å²) < 4.78 is 0. The van der Waals surface area contributed by atoms with Gasteiger partial charge in [0.05, 0.1) is 4.92 Å². The third kappa shape index (κ3) is 2.01. The lowest BCUT2D eigenvalue weighted by Gasteiger charge is -2.10. The van der Waals surface area contributed by atoms with Crippen molar-refractivity contribution in [1.82, 2.24) is 0 Å². The molecule has 1 aliphatic rings. The van der Waals surface area contributed by atoms with Crippen molar-refractivity contribution in [3.05, 3.63) is 63.7 Å². The van der Waals surface area contributed by atoms with Crippen molar-refractivity contribution in [2.75, 3.05) is 0 Å². The van der Waals surface area contributed by atoms with Gasteiger partial charge in [-0.05, 0) is 29.7 Å². The van der Waals surface area contributed by atoms with E-state index in [0.717, 1.165) is 12.0 Å². The van der Waals surface area contributed by atoms with E-state index in [-0.39, 0.29) is 5.69 Å². The van der Waals surface area contributed by atoms with Crippen LogP contribution in [0.5, 0.6) is 0 Å². The van der Waals surface area contributed by atoms with Crippen molar-refractivity contribution in [2.45, 2.75) is 12.5 Å². The van der Waals surface area contributed by atoms with E-state index in [0.29, 0.717) is 5.56 Å². The molecule has 16 heavy (non-hydrogen) atoms. The van der Waals surface area contributed by atoms with E-state index in [1.165, 1.54) is 12.1 Å². The maximum absolute atomic E-state index is 10.5. The van der Waals surface area contributed by atoms with E-state index in [1.807, 2.05) is 18.2 Å². The van der Waals surface area contributed by atoms with E-state index < -0.39 is 11.0 Å². The van der Waals surface area contributed by atoms with Crippen LogP contribution < -0.4 is 0 Å². The minimum absolute atomic E-state index is 0.0342. The Morgan fingerprint density at radius 1 is 1.31 bits per heavy atom. The first-order chi connectivity index (χ1) is 7.68. The molecule has 0 saturated heterocycles. The summed E-state index contributed by atoms with van der Waals surface area (Å²) in [6.07, 6.45) is 5.90. The van der Waals surface area contributed by atoms with Crippen molar-refractivity contribution in [3.8, 4) is 0 Å². The zero-order chi connectivity index (χ0) is 11.5. The molecular formula is C12H11NO3. The summed E-state index contributed by atoms with van der Waals surface area (Å²) in [6.45, 7) is 0. The first kappa shape index (κ1) is 10.6. The highest BCUT2D eigenvalue weighted by Gasteiger charge is 2.14. The minimum atomic E-state index is -0.695. The number of benzene rings is 1. The third-order valence-corrected chi connectivity index (χ3v) is 2.54. The highest BCUT2D eigenvalue weighted by atomic mass is 16.6. The number of nitro benzene ring substituents is 1. The van der Waals surface area contributed by atoms with Gasteiger partial charge in [-0.3, -0.25) is 10.1 Å². The molecule has 0 saturated carbocycles. The quantitative estimate of drug-likeness (QED) is 0.625. The van der Waals surface area contributed by atoms with Crippen LogP contribution >= 0.6 is 0 Å². The monoisotopic (exact) mass is 217 g/mol. The summed E-state index contributed by atoms with van der Waals surface area (Å²) in [4.78, 5) is 10.0. The summed E-state index contributed by atoms with van der Waals surface area (Å²) in [5.74, 6) is 0. The molecule has 0 bridgehead atoms. The van der Waals surface area contributed by atoms with Crippen LogP contribution in [0.25, 0.3) is 0 Å². The molecule has 0 heterocycles. The van der Waals surface area contributed by atoms with E-state index in [1.54, 1.807) is 12.1 Å². The van der Waals surface area contributed by atoms with Crippen molar-refractivity contribution in [1.29, 1.82) is 0 Å². The second-order valence-corrected chi connectivity index (χ2v) is 3.59. The van der Waals surface area contributed by atoms with Gasteiger partial charge >= 0.3 is 0 Å². The molecule has 4 heteroatoms. The molecule has 1 atom stereocenters. The molecule has 0 amide bonds. The molecule has 0 aromatic heterocycles. The van der Waals surface area contributed by atoms with E-state index in [2.05, 4.69) is 0 Å². The standard InChI is InChI=1S/C12H11NO3/c14-12(9-3-1-2-4-9)10-5-7-11(8-6-10)13(15)16/h1,3-8,12,14H,2H2. The van der Waals surface area contributed by atoms with Crippen LogP contribution in [0.2, 0.25) is 0 Å². The van der Waals surface area contributed by atoms with Crippen LogP contribution in [0, 0.1) is 10.1 Å². The van der Waals surface area contributed by atoms with E-state index >= 15 is 0 Å². The van der Waals surface area contributed by atoms with Crippen molar-refractivity contribution in [2.24, 2.45) is 0 Å². The number of nitro groups is 1. The third-order valence-electron chi connectivity index (χ3n) is 2.54. The predicted molar refractivity (Wildman–Crippen MR) is 59.9 cm³/mol. The average Bonchev–Trinajstić information content (AvgIpc) is 2.81. The lowest BCUT2D eigenvalue weighted by molar-refractivity contribution is -0.384. The highest BCUT2D eigenvalue weighted by molar-refractivity contribution is 5.40. The van der Waals surface area contributed by atoms with Gasteiger partial charge < -0.3 is 5.11 Å². The molecule has 1 aromatic carbocycles. The summed E-state index contributed by atoms with van der Waals surface area (Å²) >= 11 is 0. The molecule has 1 aliphatic carbocycles. The first-order valence-electron chi connectivity index (χ1n) is 4.97. The zero-order valence-electron chi connectivity index (χ0n) is 8.54. The number of nitrogens with zero attached hydrogens (tertiary/aromatic N) is 1. The molecule has 1 aromatic rings. The number of rotatable bonds is 3. The second kappa shape index (κ2) is 4.28. The first-order valence-corrected chi connectivity index (χ1v) is 4.97. The topological polar surface area (TPSA) is 63.4 Å². The maximum atomic E-state index is 10.5. The van der Waals surface area contributed by atoms with Crippen LogP contribution in [-0.4, -0.2) is 10.0 Å². The van der Waals surface area contributed by atoms with Crippen LogP contribution in [0.1, 0.15) is 18.1 Å². The Morgan fingerprint density at radius 2 is 2.00 bits per heavy atom. The van der Waals surface area contributed by atoms with E-state index in [4.69, 9.17) is 0 Å². The number of hydrogen-bond donors (Lipinski definition) is 1. The Labute approximate surface area is 92.7 Å². The van der Waals surface area contributed by atoms with Gasteiger partial charge in [0.2, 0.25) is 0 Å². The molecule has 0 fully saturated rings. The number of aliphatic hydroxyl groups excluding tert-OH is 1. The highest BCUT2D eigenvalue weighted by Crippen LogP contribution is 2.27. The van der Waals surface area contributed by atoms with Crippen LogP contribution in [0.3, 0.4) is 0 Å². The molecular weight excluding hydrogens is 206 g/mol. The summed E-state index contributed by atoms with van der Waals surface area (Å²) in [7, 11) is 0. The second-order valence-electron chi connectivity index (χ2n) is 3.59. The lowest BCUT2D eigenvalue weighted by atomic mass is 10.0. The van der Waals surface area contributed by atoms with Gasteiger partial charge in [-0.15, -0.1) is 0 Å². The van der Waals surface area contributed by atoms with Crippen molar-refractivity contribution >= 4 is 5.69 Å². The SMILES string of the molecule is O=[N+]([O-])c1ccc(C(O)C2=CCC=C2)cc1. The summed E-state index contributed by atoms with van der Waals surface area (Å²) in [6, 6.07) is 5.96. The molecule has 0 aliphatic heterocycles. The largest absolute Gasteiger partial charge is 0.384 e. The average molecular weight is 217 g/mol. The van der Waals surface area contributed by atoms with Gasteiger partial charge in [0.25, 0.3) is 5.69 Å². The lowest BCUT2D eigenvalue weighted by Crippen LogP contribution is -1.99. The van der Waals surface area contributed by atoms with Crippen LogP contribution in [-0.2, 0) is 0 Å². The Morgan fingerprint density at radius 3 is 2.50 bits per heavy atom. The Kier molecular flexibility index (Phi) is 2.83. The van der Waals surface area contributed by atoms with Gasteiger partial charge in [-0.25, -0.2) is 0 Å². The molecule has 2 rings (SSSR count). The molecule has 1 N–H and O–H groups in total. The normalized spacial score (nSPS) is 15.9. The predicted octanol–water partition coefficient (Wildman–Crippen LogP) is 2.51. The fraction of sp³-hybridized carbons (Fsp3) is 0.167. The minimum Gasteiger partial charge on any atom is -0.384 e. The molecule has 0 radical (unpaired) electrons. The van der Waals surface area contributed by atoms with Crippen molar-refractivity contribution < 1.29 is 10.0 Å². The fourth-order valence-corrected chi connectivity index (χ4v) is 1.65. The molecule has 82 valence electrons. The van der Waals surface area contributed by atoms with Gasteiger partial charge in [-0.2, -0.15) is 0 Å². The van der Waals surface area contributed by atoms with Crippen LogP contribution in [0.15, 0.2) is 48.1 Å². The molecule has 4 nitrogen and oxygen atoms in total. The van der Waals surface area contributed by atoms with E-state index in [9.17, 15) is 15.2 Å². The summed E-state index contributed by atoms with van der Waals surface area (Å²) in [5.41, 5.74) is 1.55. The van der Waals surface area contributed by atoms with Crippen LogP contribution in [0.4, 0.5) is 5.69 Å². The number of aliphatic hydroxyl groups is 1. The Bertz CT molecular complexity index is 460. The number of non-ortho nitro benzene ring substituents is 1. The molecule has 1 unspecified atom stereocenters. The zero-order valence-corrected chi connectivity index (χ0v) is 8.54. The van der Waals surface area contributed by atoms with Gasteiger partial charge in [0.15, 0.2) is 0 Å². The van der Waals surface area contributed by atoms with Gasteiger partial charge in [0.1, 0.15) is 6.10 Å². The van der Waals surface area contributed by atoms with Gasteiger partial charge in [-0.1, -0.05) is 18.2 Å². The fourth-order valence-electron chi connectivity index (χ4n) is 1.65. The van der Waals surface area contributed by atoms with Crippen molar-refractivity contribution in [3.63, 3.8) is 0 Å². The number of hydrogen-bond acceptors (Lipinski definition) is 3. The Balaban J connectivity index is 2.21. The van der Waals surface area contributed by atoms with Gasteiger partial charge in [0, 0.05) is 12.1 Å². The number of allylic oxidation sites excluding steroid dienone is 2. The maximum Gasteiger partial charge on any atom is 0.269 e. The smallest absolute Gasteiger partial charge is 0.269 e. The molecule has 0 spiro atoms.